The molecule has 0 radical (unpaired) electrons. The normalized spacial score (nSPS) is 26.5. The first-order valence-corrected chi connectivity index (χ1v) is 4.59. The number of hydrogen-bond donors (Lipinski definition) is 1. The van der Waals surface area contributed by atoms with Crippen molar-refractivity contribution in [2.75, 3.05) is 0 Å². The molecule has 1 aliphatic rings. The number of carbonyl (C=O) groups excluding carboxylic acids is 1. The van der Waals surface area contributed by atoms with Crippen LogP contribution in [0.15, 0.2) is 24.3 Å². The fraction of sp³-hybridized carbons (Fsp3) is 0.364. The van der Waals surface area contributed by atoms with Gasteiger partial charge in [0.2, 0.25) is 0 Å². The summed E-state index contributed by atoms with van der Waals surface area (Å²) in [4.78, 5) is 10.7. The maximum Gasteiger partial charge on any atom is 0.124 e. The molecule has 1 aliphatic carbocycles. The van der Waals surface area contributed by atoms with Gasteiger partial charge in [-0.25, -0.2) is 0 Å². The zero-order chi connectivity index (χ0) is 9.26. The second kappa shape index (κ2) is 3.30. The highest BCUT2D eigenvalue weighted by atomic mass is 16.1. The molecule has 0 heterocycles. The van der Waals surface area contributed by atoms with Gasteiger partial charge in [0, 0.05) is 12.0 Å². The minimum atomic E-state index is 0.00685. The number of rotatable bonds is 1. The topological polar surface area (TPSA) is 43.1 Å². The summed E-state index contributed by atoms with van der Waals surface area (Å²) in [5.41, 5.74) is 8.45. The largest absolute Gasteiger partial charge is 0.327 e. The van der Waals surface area contributed by atoms with Crippen LogP contribution in [0.4, 0.5) is 0 Å². The van der Waals surface area contributed by atoms with Crippen LogP contribution in [-0.4, -0.2) is 12.3 Å². The molecule has 2 nitrogen and oxygen atoms in total. The summed E-state index contributed by atoms with van der Waals surface area (Å²) in [7, 11) is 0. The lowest BCUT2D eigenvalue weighted by molar-refractivity contribution is -0.111. The van der Waals surface area contributed by atoms with Gasteiger partial charge in [0.1, 0.15) is 6.29 Å². The van der Waals surface area contributed by atoms with E-state index in [4.69, 9.17) is 5.73 Å². The van der Waals surface area contributed by atoms with Crippen molar-refractivity contribution in [1.82, 2.24) is 0 Å². The van der Waals surface area contributed by atoms with Crippen molar-refractivity contribution in [3.63, 3.8) is 0 Å². The minimum absolute atomic E-state index is 0.00685. The van der Waals surface area contributed by atoms with E-state index in [2.05, 4.69) is 12.1 Å². The average Bonchev–Trinajstić information content (AvgIpc) is 2.17. The summed E-state index contributed by atoms with van der Waals surface area (Å²) < 4.78 is 0. The van der Waals surface area contributed by atoms with E-state index in [0.29, 0.717) is 0 Å². The number of carbonyl (C=O) groups is 1. The Morgan fingerprint density at radius 3 is 2.46 bits per heavy atom. The molecule has 0 saturated heterocycles. The number of hydrogen-bond acceptors (Lipinski definition) is 2. The van der Waals surface area contributed by atoms with Crippen molar-refractivity contribution in [3.05, 3.63) is 35.4 Å². The Balaban J connectivity index is 2.32. The molecule has 13 heavy (non-hydrogen) atoms. The molecule has 0 amide bonds. The van der Waals surface area contributed by atoms with Gasteiger partial charge in [-0.05, 0) is 24.0 Å². The molecule has 0 fully saturated rings. The lowest BCUT2D eigenvalue weighted by Gasteiger charge is -2.26. The molecule has 2 rings (SSSR count). The number of benzene rings is 1. The van der Waals surface area contributed by atoms with E-state index < -0.39 is 0 Å². The predicted octanol–water partition coefficient (Wildman–Crippen LogP) is 0.928. The van der Waals surface area contributed by atoms with Gasteiger partial charge in [-0.2, -0.15) is 0 Å². The SMILES string of the molecule is NC1Cc2ccccc2CC1C=O. The summed E-state index contributed by atoms with van der Waals surface area (Å²) >= 11 is 0. The quantitative estimate of drug-likeness (QED) is 0.645. The molecular formula is C11H13NO. The Morgan fingerprint density at radius 1 is 1.23 bits per heavy atom. The molecule has 2 N–H and O–H groups in total. The van der Waals surface area contributed by atoms with Crippen LogP contribution < -0.4 is 5.73 Å². The van der Waals surface area contributed by atoms with Crippen molar-refractivity contribution in [2.45, 2.75) is 18.9 Å². The van der Waals surface area contributed by atoms with E-state index in [9.17, 15) is 4.79 Å². The molecule has 2 unspecified atom stereocenters. The molecule has 0 spiro atoms. The molecule has 1 aromatic carbocycles. The standard InChI is InChI=1S/C11H13NO/c12-11-6-9-4-2-1-3-8(9)5-10(11)7-13/h1-4,7,10-11H,5-6,12H2. The van der Waals surface area contributed by atoms with Gasteiger partial charge in [-0.15, -0.1) is 0 Å². The molecule has 0 saturated carbocycles. The van der Waals surface area contributed by atoms with Crippen molar-refractivity contribution < 1.29 is 4.79 Å². The van der Waals surface area contributed by atoms with Crippen LogP contribution in [0.2, 0.25) is 0 Å². The third-order valence-corrected chi connectivity index (χ3v) is 2.75. The maximum atomic E-state index is 10.7. The molecule has 2 atom stereocenters. The first-order valence-electron chi connectivity index (χ1n) is 4.59. The summed E-state index contributed by atoms with van der Waals surface area (Å²) in [6.45, 7) is 0. The van der Waals surface area contributed by atoms with E-state index in [1.165, 1.54) is 11.1 Å². The monoisotopic (exact) mass is 175 g/mol. The maximum absolute atomic E-state index is 10.7. The van der Waals surface area contributed by atoms with Crippen LogP contribution in [0.1, 0.15) is 11.1 Å². The Bertz CT molecular complexity index is 322. The molecular weight excluding hydrogens is 162 g/mol. The average molecular weight is 175 g/mol. The highest BCUT2D eigenvalue weighted by Gasteiger charge is 2.24. The smallest absolute Gasteiger partial charge is 0.124 e. The predicted molar refractivity (Wildman–Crippen MR) is 51.4 cm³/mol. The van der Waals surface area contributed by atoms with Crippen molar-refractivity contribution in [2.24, 2.45) is 11.7 Å². The van der Waals surface area contributed by atoms with E-state index in [1.54, 1.807) is 0 Å². The Hall–Kier alpha value is -1.15. The van der Waals surface area contributed by atoms with Gasteiger partial charge < -0.3 is 10.5 Å². The van der Waals surface area contributed by atoms with Crippen LogP contribution in [0.3, 0.4) is 0 Å². The van der Waals surface area contributed by atoms with Gasteiger partial charge in [0.05, 0.1) is 0 Å². The summed E-state index contributed by atoms with van der Waals surface area (Å²) in [6.07, 6.45) is 2.63. The van der Waals surface area contributed by atoms with Crippen molar-refractivity contribution >= 4 is 6.29 Å². The first-order chi connectivity index (χ1) is 6.31. The number of aldehydes is 1. The van der Waals surface area contributed by atoms with Crippen molar-refractivity contribution in [3.8, 4) is 0 Å². The van der Waals surface area contributed by atoms with E-state index in [1.807, 2.05) is 12.1 Å². The molecule has 68 valence electrons. The van der Waals surface area contributed by atoms with Crippen molar-refractivity contribution in [1.29, 1.82) is 0 Å². The molecule has 2 heteroatoms. The zero-order valence-electron chi connectivity index (χ0n) is 7.44. The number of nitrogens with two attached hydrogens (primary N) is 1. The van der Waals surface area contributed by atoms with Crippen LogP contribution in [0.5, 0.6) is 0 Å². The van der Waals surface area contributed by atoms with Crippen LogP contribution in [0.25, 0.3) is 0 Å². The fourth-order valence-electron chi connectivity index (χ4n) is 1.92. The summed E-state index contributed by atoms with van der Waals surface area (Å²) in [6, 6.07) is 8.21. The number of fused-ring (bicyclic) bond motifs is 1. The molecule has 0 bridgehead atoms. The van der Waals surface area contributed by atoms with Gasteiger partial charge in [-0.1, -0.05) is 24.3 Å². The Morgan fingerprint density at radius 2 is 1.85 bits per heavy atom. The Labute approximate surface area is 77.8 Å². The van der Waals surface area contributed by atoms with Gasteiger partial charge in [0.15, 0.2) is 0 Å². The Kier molecular flexibility index (Phi) is 2.15. The van der Waals surface area contributed by atoms with E-state index in [0.717, 1.165) is 19.1 Å². The van der Waals surface area contributed by atoms with Gasteiger partial charge in [0.25, 0.3) is 0 Å². The minimum Gasteiger partial charge on any atom is -0.327 e. The fourth-order valence-corrected chi connectivity index (χ4v) is 1.92. The summed E-state index contributed by atoms with van der Waals surface area (Å²) in [5, 5.41) is 0. The van der Waals surface area contributed by atoms with Gasteiger partial charge >= 0.3 is 0 Å². The van der Waals surface area contributed by atoms with Crippen LogP contribution in [0, 0.1) is 5.92 Å². The molecule has 1 aromatic rings. The third-order valence-electron chi connectivity index (χ3n) is 2.75. The lowest BCUT2D eigenvalue weighted by atomic mass is 9.81. The first kappa shape index (κ1) is 8.45. The molecule has 0 aliphatic heterocycles. The highest BCUT2D eigenvalue weighted by Crippen LogP contribution is 2.23. The molecule has 0 aromatic heterocycles. The second-order valence-corrected chi connectivity index (χ2v) is 3.64. The highest BCUT2D eigenvalue weighted by molar-refractivity contribution is 5.57. The van der Waals surface area contributed by atoms with Crippen LogP contribution in [-0.2, 0) is 17.6 Å². The summed E-state index contributed by atoms with van der Waals surface area (Å²) in [5.74, 6) is 0.00917. The lowest BCUT2D eigenvalue weighted by Crippen LogP contribution is -2.38. The third kappa shape index (κ3) is 1.49. The van der Waals surface area contributed by atoms with Crippen LogP contribution >= 0.6 is 0 Å². The zero-order valence-corrected chi connectivity index (χ0v) is 7.44. The van der Waals surface area contributed by atoms with Gasteiger partial charge in [-0.3, -0.25) is 0 Å². The van der Waals surface area contributed by atoms with E-state index >= 15 is 0 Å². The van der Waals surface area contributed by atoms with E-state index in [-0.39, 0.29) is 12.0 Å². The second-order valence-electron chi connectivity index (χ2n) is 3.64.